The van der Waals surface area contributed by atoms with Crippen LogP contribution in [0.25, 0.3) is 21.8 Å². The summed E-state index contributed by atoms with van der Waals surface area (Å²) in [6.07, 6.45) is 0.165. The van der Waals surface area contributed by atoms with Crippen molar-refractivity contribution in [3.05, 3.63) is 48.0 Å². The van der Waals surface area contributed by atoms with Crippen LogP contribution in [0.1, 0.15) is 24.9 Å². The molecule has 0 aliphatic heterocycles. The first-order valence-electron chi connectivity index (χ1n) is 7.16. The van der Waals surface area contributed by atoms with Gasteiger partial charge in [0.1, 0.15) is 0 Å². The topological polar surface area (TPSA) is 74.0 Å². The molecular weight excluding hydrogens is 262 g/mol. The lowest BCUT2D eigenvalue weighted by atomic mass is 10.0. The fourth-order valence-corrected chi connectivity index (χ4v) is 2.98. The predicted octanol–water partition coefficient (Wildman–Crippen LogP) is 2.69. The number of rotatable bonds is 4. The lowest BCUT2D eigenvalue weighted by Gasteiger charge is -2.10. The first kappa shape index (κ1) is 13.6. The summed E-state index contributed by atoms with van der Waals surface area (Å²) >= 11 is 0. The third-order valence-corrected chi connectivity index (χ3v) is 3.96. The summed E-state index contributed by atoms with van der Waals surface area (Å²) < 4.78 is 2.29. The van der Waals surface area contributed by atoms with Gasteiger partial charge in [-0.1, -0.05) is 24.3 Å². The highest BCUT2D eigenvalue weighted by Gasteiger charge is 2.13. The first-order valence-corrected chi connectivity index (χ1v) is 7.16. The molecule has 0 aliphatic carbocycles. The maximum Gasteiger partial charge on any atom is 0.219 e. The van der Waals surface area contributed by atoms with Crippen LogP contribution in [0.4, 0.5) is 0 Å². The van der Waals surface area contributed by atoms with Gasteiger partial charge >= 0.3 is 0 Å². The number of aryl methyl sites for hydroxylation is 1. The van der Waals surface area contributed by atoms with Crippen molar-refractivity contribution in [2.75, 3.05) is 0 Å². The molecule has 4 nitrogen and oxygen atoms in total. The molecule has 3 aromatic rings. The minimum Gasteiger partial charge on any atom is -0.370 e. The van der Waals surface area contributed by atoms with Crippen LogP contribution in [-0.4, -0.2) is 10.5 Å². The van der Waals surface area contributed by atoms with E-state index >= 15 is 0 Å². The number of carbonyl (C=O) groups excluding carboxylic acids is 1. The molecule has 4 N–H and O–H groups in total. The Kier molecular flexibility index (Phi) is 3.39. The van der Waals surface area contributed by atoms with E-state index in [0.29, 0.717) is 0 Å². The minimum atomic E-state index is -0.376. The van der Waals surface area contributed by atoms with Gasteiger partial charge in [0.05, 0.1) is 0 Å². The molecule has 3 rings (SSSR count). The van der Waals surface area contributed by atoms with E-state index in [1.54, 1.807) is 0 Å². The number of nitrogens with zero attached hydrogens (tertiary/aromatic N) is 1. The molecule has 0 aliphatic rings. The Morgan fingerprint density at radius 2 is 1.86 bits per heavy atom. The zero-order valence-electron chi connectivity index (χ0n) is 12.0. The largest absolute Gasteiger partial charge is 0.370 e. The normalized spacial score (nSPS) is 12.9. The summed E-state index contributed by atoms with van der Waals surface area (Å²) in [6, 6.07) is 14.1. The van der Waals surface area contributed by atoms with Crippen LogP contribution in [0.5, 0.6) is 0 Å². The van der Waals surface area contributed by atoms with Crippen LogP contribution in [-0.2, 0) is 11.3 Å². The zero-order chi connectivity index (χ0) is 15.0. The molecule has 21 heavy (non-hydrogen) atoms. The molecule has 1 amide bonds. The van der Waals surface area contributed by atoms with Crippen molar-refractivity contribution in [3.8, 4) is 0 Å². The average molecular weight is 281 g/mol. The van der Waals surface area contributed by atoms with Crippen molar-refractivity contribution in [2.24, 2.45) is 11.5 Å². The first-order chi connectivity index (χ1) is 10.1. The Labute approximate surface area is 123 Å². The highest BCUT2D eigenvalue weighted by atomic mass is 16.1. The monoisotopic (exact) mass is 281 g/mol. The van der Waals surface area contributed by atoms with Crippen LogP contribution >= 0.6 is 0 Å². The van der Waals surface area contributed by atoms with E-state index in [0.717, 1.165) is 12.1 Å². The van der Waals surface area contributed by atoms with Crippen molar-refractivity contribution >= 4 is 27.7 Å². The maximum atomic E-state index is 11.0. The SMILES string of the molecule is CCn1c2ccccc2c2cc(C(N)CC(N)=O)ccc21. The van der Waals surface area contributed by atoms with Crippen molar-refractivity contribution in [1.82, 2.24) is 4.57 Å². The second-order valence-electron chi connectivity index (χ2n) is 5.31. The Bertz CT molecular complexity index is 819. The third kappa shape index (κ3) is 2.28. The highest BCUT2D eigenvalue weighted by molar-refractivity contribution is 6.08. The molecule has 2 aromatic carbocycles. The van der Waals surface area contributed by atoms with Crippen molar-refractivity contribution in [2.45, 2.75) is 25.9 Å². The van der Waals surface area contributed by atoms with Gasteiger partial charge in [0.25, 0.3) is 0 Å². The number of hydrogen-bond donors (Lipinski definition) is 2. The van der Waals surface area contributed by atoms with Gasteiger partial charge in [-0.3, -0.25) is 4.79 Å². The molecule has 0 spiro atoms. The predicted molar refractivity (Wildman–Crippen MR) is 85.9 cm³/mol. The average Bonchev–Trinajstić information content (AvgIpc) is 2.79. The van der Waals surface area contributed by atoms with E-state index in [1.807, 2.05) is 18.2 Å². The van der Waals surface area contributed by atoms with Gasteiger partial charge in [-0.2, -0.15) is 0 Å². The standard InChI is InChI=1S/C17H19N3O/c1-2-20-15-6-4-3-5-12(15)13-9-11(7-8-16(13)20)14(18)10-17(19)21/h3-9,14H,2,10,18H2,1H3,(H2,19,21). The number of fused-ring (bicyclic) bond motifs is 3. The molecule has 1 heterocycles. The maximum absolute atomic E-state index is 11.0. The summed E-state index contributed by atoms with van der Waals surface area (Å²) in [5.41, 5.74) is 14.7. The van der Waals surface area contributed by atoms with Gasteiger partial charge in [-0.25, -0.2) is 0 Å². The van der Waals surface area contributed by atoms with Crippen LogP contribution in [0, 0.1) is 0 Å². The second kappa shape index (κ2) is 5.22. The van der Waals surface area contributed by atoms with Crippen LogP contribution in [0.3, 0.4) is 0 Å². The third-order valence-electron chi connectivity index (χ3n) is 3.96. The van der Waals surface area contributed by atoms with E-state index in [2.05, 4.69) is 35.8 Å². The summed E-state index contributed by atoms with van der Waals surface area (Å²) in [5.74, 6) is -0.376. The molecular formula is C17H19N3O. The van der Waals surface area contributed by atoms with Gasteiger partial charge in [0.2, 0.25) is 5.91 Å². The number of primary amides is 1. The van der Waals surface area contributed by atoms with Crippen molar-refractivity contribution < 1.29 is 4.79 Å². The second-order valence-corrected chi connectivity index (χ2v) is 5.31. The van der Waals surface area contributed by atoms with Crippen LogP contribution in [0.2, 0.25) is 0 Å². The van der Waals surface area contributed by atoms with Gasteiger partial charge in [0, 0.05) is 40.8 Å². The Hall–Kier alpha value is -2.33. The molecule has 0 radical (unpaired) electrons. The number of aromatic nitrogens is 1. The highest BCUT2D eigenvalue weighted by Crippen LogP contribution is 2.31. The smallest absolute Gasteiger partial charge is 0.219 e. The van der Waals surface area contributed by atoms with Gasteiger partial charge in [0.15, 0.2) is 0 Å². The van der Waals surface area contributed by atoms with Crippen molar-refractivity contribution in [3.63, 3.8) is 0 Å². The number of benzene rings is 2. The lowest BCUT2D eigenvalue weighted by Crippen LogP contribution is -2.20. The molecule has 4 heteroatoms. The Morgan fingerprint density at radius 1 is 1.14 bits per heavy atom. The van der Waals surface area contributed by atoms with Gasteiger partial charge in [-0.05, 0) is 30.7 Å². The minimum absolute atomic E-state index is 0.165. The number of amides is 1. The number of carbonyl (C=O) groups is 1. The van der Waals surface area contributed by atoms with Crippen LogP contribution < -0.4 is 11.5 Å². The van der Waals surface area contributed by atoms with E-state index in [-0.39, 0.29) is 18.4 Å². The molecule has 0 bridgehead atoms. The fourth-order valence-electron chi connectivity index (χ4n) is 2.98. The summed E-state index contributed by atoms with van der Waals surface area (Å²) in [7, 11) is 0. The molecule has 108 valence electrons. The Morgan fingerprint density at radius 3 is 2.57 bits per heavy atom. The van der Waals surface area contributed by atoms with E-state index < -0.39 is 0 Å². The van der Waals surface area contributed by atoms with Crippen molar-refractivity contribution in [1.29, 1.82) is 0 Å². The van der Waals surface area contributed by atoms with Gasteiger partial charge < -0.3 is 16.0 Å². The number of para-hydroxylation sites is 1. The molecule has 1 unspecified atom stereocenters. The van der Waals surface area contributed by atoms with Crippen LogP contribution in [0.15, 0.2) is 42.5 Å². The molecule has 0 saturated carbocycles. The fraction of sp³-hybridized carbons (Fsp3) is 0.235. The summed E-state index contributed by atoms with van der Waals surface area (Å²) in [4.78, 5) is 11.0. The molecule has 0 saturated heterocycles. The van der Waals surface area contributed by atoms with E-state index in [4.69, 9.17) is 11.5 Å². The van der Waals surface area contributed by atoms with E-state index in [1.165, 1.54) is 21.8 Å². The number of hydrogen-bond acceptors (Lipinski definition) is 2. The zero-order valence-corrected chi connectivity index (χ0v) is 12.0. The van der Waals surface area contributed by atoms with Gasteiger partial charge in [-0.15, -0.1) is 0 Å². The lowest BCUT2D eigenvalue weighted by molar-refractivity contribution is -0.118. The molecule has 1 aromatic heterocycles. The summed E-state index contributed by atoms with van der Waals surface area (Å²) in [6.45, 7) is 3.05. The molecule has 1 atom stereocenters. The van der Waals surface area contributed by atoms with E-state index in [9.17, 15) is 4.79 Å². The quantitative estimate of drug-likeness (QED) is 0.771. The molecule has 0 fully saturated rings. The Balaban J connectivity index is 2.21. The summed E-state index contributed by atoms with van der Waals surface area (Å²) in [5, 5.41) is 2.38. The number of nitrogens with two attached hydrogens (primary N) is 2.